The van der Waals surface area contributed by atoms with Gasteiger partial charge in [0.2, 0.25) is 0 Å². The van der Waals surface area contributed by atoms with Gasteiger partial charge in [-0.3, -0.25) is 9.69 Å². The Labute approximate surface area is 192 Å². The summed E-state index contributed by atoms with van der Waals surface area (Å²) in [7, 11) is 1.59. The summed E-state index contributed by atoms with van der Waals surface area (Å²) in [6, 6.07) is 14.1. The van der Waals surface area contributed by atoms with Crippen molar-refractivity contribution in [2.75, 3.05) is 53.1 Å². The van der Waals surface area contributed by atoms with Gasteiger partial charge in [-0.05, 0) is 54.9 Å². The van der Waals surface area contributed by atoms with Crippen LogP contribution in [0.15, 0.2) is 57.7 Å². The number of hydrogen-bond acceptors (Lipinski definition) is 7. The van der Waals surface area contributed by atoms with Crippen molar-refractivity contribution in [3.8, 4) is 22.6 Å². The van der Waals surface area contributed by atoms with Gasteiger partial charge < -0.3 is 23.9 Å². The van der Waals surface area contributed by atoms with Crippen molar-refractivity contribution >= 4 is 16.9 Å². The molecule has 33 heavy (non-hydrogen) atoms. The van der Waals surface area contributed by atoms with Gasteiger partial charge in [0, 0.05) is 25.0 Å². The minimum absolute atomic E-state index is 0.0607. The summed E-state index contributed by atoms with van der Waals surface area (Å²) in [6.07, 6.45) is 0.890. The van der Waals surface area contributed by atoms with Crippen molar-refractivity contribution in [3.05, 3.63) is 59.0 Å². The van der Waals surface area contributed by atoms with Crippen LogP contribution in [0, 0.1) is 0 Å². The molecule has 1 saturated heterocycles. The van der Waals surface area contributed by atoms with E-state index in [2.05, 4.69) is 10.2 Å². The molecule has 3 aromatic rings. The number of ether oxygens (including phenoxy) is 3. The van der Waals surface area contributed by atoms with Crippen LogP contribution in [0.5, 0.6) is 11.5 Å². The van der Waals surface area contributed by atoms with Gasteiger partial charge in [-0.2, -0.15) is 0 Å². The number of nitrogens with zero attached hydrogens (tertiary/aromatic N) is 1. The molecule has 4 rings (SSSR count). The second-order valence-electron chi connectivity index (χ2n) is 7.82. The lowest BCUT2D eigenvalue weighted by atomic mass is 10.1. The molecule has 0 spiro atoms. The summed E-state index contributed by atoms with van der Waals surface area (Å²) in [6.45, 7) is 4.95. The van der Waals surface area contributed by atoms with Gasteiger partial charge in [-0.15, -0.1) is 0 Å². The zero-order valence-corrected chi connectivity index (χ0v) is 18.7. The summed E-state index contributed by atoms with van der Waals surface area (Å²) in [4.78, 5) is 26.8. The zero-order chi connectivity index (χ0) is 23.0. The average Bonchev–Trinajstić information content (AvgIpc) is 2.85. The van der Waals surface area contributed by atoms with E-state index in [1.54, 1.807) is 49.6 Å². The van der Waals surface area contributed by atoms with Gasteiger partial charge in [0.25, 0.3) is 5.91 Å². The maximum Gasteiger partial charge on any atom is 0.344 e. The molecule has 1 aliphatic heterocycles. The Morgan fingerprint density at radius 1 is 1.06 bits per heavy atom. The zero-order valence-electron chi connectivity index (χ0n) is 18.7. The molecule has 2 heterocycles. The molecule has 1 aliphatic rings. The van der Waals surface area contributed by atoms with E-state index in [0.717, 1.165) is 44.7 Å². The normalized spacial score (nSPS) is 14.2. The second kappa shape index (κ2) is 11.0. The first-order chi connectivity index (χ1) is 16.1. The SMILES string of the molecule is COc1ccc2oc(=O)c(-c3ccc(OCC(=O)NCCCN4CCOCC4)cc3)cc2c1. The number of amides is 1. The monoisotopic (exact) mass is 452 g/mol. The minimum Gasteiger partial charge on any atom is -0.497 e. The number of fused-ring (bicyclic) bond motifs is 1. The van der Waals surface area contributed by atoms with E-state index in [1.807, 2.05) is 6.07 Å². The molecular weight excluding hydrogens is 424 g/mol. The molecule has 0 bridgehead atoms. The number of carbonyl (C=O) groups is 1. The third kappa shape index (κ3) is 6.12. The van der Waals surface area contributed by atoms with Crippen molar-refractivity contribution in [1.82, 2.24) is 10.2 Å². The van der Waals surface area contributed by atoms with Gasteiger partial charge in [0.1, 0.15) is 17.1 Å². The van der Waals surface area contributed by atoms with Crippen molar-refractivity contribution in [1.29, 1.82) is 0 Å². The standard InChI is InChI=1S/C25H28N2O6/c1-30-21-7-8-23-19(15-21)16-22(25(29)33-23)18-3-5-20(6-4-18)32-17-24(28)26-9-2-10-27-11-13-31-14-12-27/h3-8,15-16H,2,9-14,17H2,1H3,(H,26,28). The Morgan fingerprint density at radius 3 is 2.58 bits per heavy atom. The van der Waals surface area contributed by atoms with Gasteiger partial charge in [0.05, 0.1) is 25.9 Å². The van der Waals surface area contributed by atoms with E-state index in [4.69, 9.17) is 18.6 Å². The lowest BCUT2D eigenvalue weighted by Gasteiger charge is -2.26. The molecule has 0 atom stereocenters. The Morgan fingerprint density at radius 2 is 1.82 bits per heavy atom. The Balaban J connectivity index is 1.29. The fourth-order valence-electron chi connectivity index (χ4n) is 3.72. The van der Waals surface area contributed by atoms with E-state index in [1.165, 1.54) is 0 Å². The van der Waals surface area contributed by atoms with Crippen molar-refractivity contribution < 1.29 is 23.4 Å². The summed E-state index contributed by atoms with van der Waals surface area (Å²) >= 11 is 0. The van der Waals surface area contributed by atoms with Crippen LogP contribution < -0.4 is 20.4 Å². The highest BCUT2D eigenvalue weighted by Crippen LogP contribution is 2.25. The van der Waals surface area contributed by atoms with E-state index < -0.39 is 5.63 Å². The highest BCUT2D eigenvalue weighted by molar-refractivity contribution is 5.83. The number of methoxy groups -OCH3 is 1. The maximum absolute atomic E-state index is 12.4. The molecule has 8 nitrogen and oxygen atoms in total. The highest BCUT2D eigenvalue weighted by atomic mass is 16.5. The summed E-state index contributed by atoms with van der Waals surface area (Å²) in [5.41, 5.74) is 1.23. The number of rotatable bonds is 9. The molecule has 1 amide bonds. The van der Waals surface area contributed by atoms with Crippen LogP contribution in [-0.2, 0) is 9.53 Å². The highest BCUT2D eigenvalue weighted by Gasteiger charge is 2.11. The molecule has 1 fully saturated rings. The quantitative estimate of drug-likeness (QED) is 0.394. The van der Waals surface area contributed by atoms with Crippen LogP contribution in [0.4, 0.5) is 0 Å². The van der Waals surface area contributed by atoms with Crippen molar-refractivity contribution in [2.24, 2.45) is 0 Å². The first kappa shape index (κ1) is 22.8. The Bertz CT molecular complexity index is 1140. The average molecular weight is 453 g/mol. The van der Waals surface area contributed by atoms with Crippen LogP contribution in [0.1, 0.15) is 6.42 Å². The predicted octanol–water partition coefficient (Wildman–Crippen LogP) is 2.69. The first-order valence-corrected chi connectivity index (χ1v) is 11.0. The molecule has 174 valence electrons. The van der Waals surface area contributed by atoms with Gasteiger partial charge in [-0.25, -0.2) is 4.79 Å². The summed E-state index contributed by atoms with van der Waals surface area (Å²) in [5, 5.41) is 3.65. The fourth-order valence-corrected chi connectivity index (χ4v) is 3.72. The first-order valence-electron chi connectivity index (χ1n) is 11.0. The molecule has 0 radical (unpaired) electrons. The van der Waals surface area contributed by atoms with Crippen LogP contribution in [0.3, 0.4) is 0 Å². The van der Waals surface area contributed by atoms with E-state index in [0.29, 0.717) is 34.8 Å². The predicted molar refractivity (Wildman–Crippen MR) is 125 cm³/mol. The van der Waals surface area contributed by atoms with Crippen LogP contribution in [0.2, 0.25) is 0 Å². The molecule has 2 aromatic carbocycles. The van der Waals surface area contributed by atoms with Crippen LogP contribution in [0.25, 0.3) is 22.1 Å². The molecule has 0 aliphatic carbocycles. The number of benzene rings is 2. The molecule has 8 heteroatoms. The number of nitrogens with one attached hydrogen (secondary N) is 1. The number of carbonyl (C=O) groups excluding carboxylic acids is 1. The Kier molecular flexibility index (Phi) is 7.59. The van der Waals surface area contributed by atoms with E-state index in [-0.39, 0.29) is 12.5 Å². The van der Waals surface area contributed by atoms with Gasteiger partial charge in [0.15, 0.2) is 6.61 Å². The topological polar surface area (TPSA) is 90.2 Å². The summed E-state index contributed by atoms with van der Waals surface area (Å²) in [5.74, 6) is 1.07. The lowest BCUT2D eigenvalue weighted by Crippen LogP contribution is -2.38. The molecule has 0 saturated carbocycles. The van der Waals surface area contributed by atoms with Gasteiger partial charge in [-0.1, -0.05) is 12.1 Å². The molecular formula is C25H28N2O6. The largest absolute Gasteiger partial charge is 0.497 e. The molecule has 0 unspecified atom stereocenters. The minimum atomic E-state index is -0.419. The molecule has 1 aromatic heterocycles. The smallest absolute Gasteiger partial charge is 0.344 e. The lowest BCUT2D eigenvalue weighted by molar-refractivity contribution is -0.123. The van der Waals surface area contributed by atoms with Crippen LogP contribution in [-0.4, -0.2) is 63.9 Å². The van der Waals surface area contributed by atoms with Crippen molar-refractivity contribution in [2.45, 2.75) is 6.42 Å². The fraction of sp³-hybridized carbons (Fsp3) is 0.360. The van der Waals surface area contributed by atoms with E-state index in [9.17, 15) is 9.59 Å². The van der Waals surface area contributed by atoms with E-state index >= 15 is 0 Å². The van der Waals surface area contributed by atoms with Crippen LogP contribution >= 0.6 is 0 Å². The summed E-state index contributed by atoms with van der Waals surface area (Å²) < 4.78 is 21.6. The third-order valence-electron chi connectivity index (χ3n) is 5.55. The molecule has 1 N–H and O–H groups in total. The number of hydrogen-bond donors (Lipinski definition) is 1. The number of morpholine rings is 1. The Hall–Kier alpha value is -3.36. The third-order valence-corrected chi connectivity index (χ3v) is 5.55. The maximum atomic E-state index is 12.4. The van der Waals surface area contributed by atoms with Gasteiger partial charge >= 0.3 is 5.63 Å². The van der Waals surface area contributed by atoms with Crippen molar-refractivity contribution in [3.63, 3.8) is 0 Å². The second-order valence-corrected chi connectivity index (χ2v) is 7.82.